The van der Waals surface area contributed by atoms with Crippen LogP contribution in [0.5, 0.6) is 0 Å². The van der Waals surface area contributed by atoms with Crippen molar-refractivity contribution in [2.45, 2.75) is 43.4 Å². The molecule has 2 aliphatic rings. The number of rotatable bonds is 3. The minimum atomic E-state index is -3.39. The Morgan fingerprint density at radius 1 is 1.09 bits per heavy atom. The fourth-order valence-corrected chi connectivity index (χ4v) is 5.05. The topological polar surface area (TPSA) is 68.9 Å². The van der Waals surface area contributed by atoms with Crippen LogP contribution >= 0.6 is 0 Å². The maximum absolute atomic E-state index is 14.7. The summed E-state index contributed by atoms with van der Waals surface area (Å²) in [6.07, 6.45) is -2.26. The second kappa shape index (κ2) is 7.85. The molecular weight excluding hydrogens is 434 g/mol. The molecule has 2 aromatic carbocycles. The van der Waals surface area contributed by atoms with E-state index in [0.29, 0.717) is 22.6 Å². The van der Waals surface area contributed by atoms with E-state index in [4.69, 9.17) is 0 Å². The average molecular weight is 453 g/mol. The lowest BCUT2D eigenvalue weighted by molar-refractivity contribution is -0.0966. The van der Waals surface area contributed by atoms with Gasteiger partial charge in [0.1, 0.15) is 23.9 Å². The summed E-state index contributed by atoms with van der Waals surface area (Å²) < 4.78 is 58.1. The fourth-order valence-electron chi connectivity index (χ4n) is 5.05. The first-order chi connectivity index (χ1) is 15.8. The molecular formula is C25H19F4N3O. The number of benzene rings is 2. The van der Waals surface area contributed by atoms with E-state index in [1.165, 1.54) is 0 Å². The van der Waals surface area contributed by atoms with Crippen LogP contribution in [-0.2, 0) is 6.42 Å². The molecule has 0 spiro atoms. The zero-order chi connectivity index (χ0) is 23.3. The van der Waals surface area contributed by atoms with Crippen molar-refractivity contribution in [3.8, 4) is 6.07 Å². The first-order valence-corrected chi connectivity index (χ1v) is 10.6. The van der Waals surface area contributed by atoms with Crippen molar-refractivity contribution in [3.63, 3.8) is 0 Å². The molecule has 5 rings (SSSR count). The van der Waals surface area contributed by atoms with Gasteiger partial charge in [0, 0.05) is 29.8 Å². The van der Waals surface area contributed by atoms with Crippen molar-refractivity contribution in [1.82, 2.24) is 4.98 Å². The summed E-state index contributed by atoms with van der Waals surface area (Å²) in [5, 5.41) is 23.1. The third kappa shape index (κ3) is 3.53. The Morgan fingerprint density at radius 3 is 2.64 bits per heavy atom. The Kier molecular flexibility index (Phi) is 5.09. The molecule has 1 heterocycles. The molecule has 0 bridgehead atoms. The van der Waals surface area contributed by atoms with E-state index in [9.17, 15) is 27.9 Å². The fraction of sp³-hybridized carbons (Fsp3) is 0.280. The van der Waals surface area contributed by atoms with Crippen LogP contribution in [0.4, 0.5) is 29.1 Å². The standard InChI is InChI=1S/C25H19F4N3O/c26-14-9-13(12-30)22-16(4-6-19(27)17(22)10-14)15-5-7-20(32-21-3-1-2-8-31-21)23-18(15)11-25(28,29)24(23)33/h1-3,5,7-10,16,19,24,33H,4,6,11H2,(H,31,32)/t16-,19+,24+/m1/s1. The Morgan fingerprint density at radius 2 is 1.91 bits per heavy atom. The second-order valence-corrected chi connectivity index (χ2v) is 8.44. The van der Waals surface area contributed by atoms with Gasteiger partial charge in [0.25, 0.3) is 5.92 Å². The van der Waals surface area contributed by atoms with Gasteiger partial charge in [-0.1, -0.05) is 12.1 Å². The normalized spacial score (nSPS) is 22.8. The van der Waals surface area contributed by atoms with Gasteiger partial charge in [-0.2, -0.15) is 5.26 Å². The van der Waals surface area contributed by atoms with E-state index in [1.807, 2.05) is 6.07 Å². The van der Waals surface area contributed by atoms with Crippen molar-refractivity contribution in [2.24, 2.45) is 0 Å². The Hall–Kier alpha value is -3.44. The van der Waals surface area contributed by atoms with Crippen LogP contribution in [-0.4, -0.2) is 16.0 Å². The quantitative estimate of drug-likeness (QED) is 0.478. The van der Waals surface area contributed by atoms with Gasteiger partial charge in [0.15, 0.2) is 0 Å². The summed E-state index contributed by atoms with van der Waals surface area (Å²) in [6.45, 7) is 0. The number of nitrogens with zero attached hydrogens (tertiary/aromatic N) is 2. The van der Waals surface area contributed by atoms with Crippen molar-refractivity contribution in [1.29, 1.82) is 5.26 Å². The Bertz CT molecular complexity index is 1270. The number of anilines is 2. The number of aliphatic hydroxyl groups is 1. The molecule has 0 unspecified atom stereocenters. The first kappa shape index (κ1) is 21.4. The van der Waals surface area contributed by atoms with E-state index in [0.717, 1.165) is 12.1 Å². The van der Waals surface area contributed by atoms with Gasteiger partial charge in [0.05, 0.1) is 11.6 Å². The van der Waals surface area contributed by atoms with Crippen LogP contribution in [0.2, 0.25) is 0 Å². The van der Waals surface area contributed by atoms with E-state index >= 15 is 0 Å². The molecule has 1 aromatic heterocycles. The Balaban J connectivity index is 1.68. The van der Waals surface area contributed by atoms with Crippen LogP contribution in [0.15, 0.2) is 48.7 Å². The third-order valence-corrected chi connectivity index (χ3v) is 6.47. The molecule has 0 fully saturated rings. The van der Waals surface area contributed by atoms with Crippen LogP contribution in [0, 0.1) is 17.1 Å². The van der Waals surface area contributed by atoms with E-state index < -0.39 is 36.4 Å². The van der Waals surface area contributed by atoms with E-state index in [2.05, 4.69) is 10.3 Å². The zero-order valence-corrected chi connectivity index (χ0v) is 17.3. The summed E-state index contributed by atoms with van der Waals surface area (Å²) in [6, 6.07) is 12.4. The molecule has 168 valence electrons. The largest absolute Gasteiger partial charge is 0.382 e. The van der Waals surface area contributed by atoms with E-state index in [-0.39, 0.29) is 35.1 Å². The highest BCUT2D eigenvalue weighted by Gasteiger charge is 2.50. The van der Waals surface area contributed by atoms with Crippen LogP contribution in [0.1, 0.15) is 64.4 Å². The van der Waals surface area contributed by atoms with Crippen LogP contribution < -0.4 is 5.32 Å². The van der Waals surface area contributed by atoms with Gasteiger partial charge in [-0.05, 0) is 65.4 Å². The van der Waals surface area contributed by atoms with Gasteiger partial charge in [0.2, 0.25) is 0 Å². The molecule has 0 aliphatic heterocycles. The lowest BCUT2D eigenvalue weighted by atomic mass is 9.74. The SMILES string of the molecule is N#Cc1cc(F)cc2c1[C@@H](c1ccc(Nc3ccccn3)c3c1CC(F)(F)[C@H]3O)CC[C@@H]2F. The number of halogens is 4. The highest BCUT2D eigenvalue weighted by Crippen LogP contribution is 2.52. The summed E-state index contributed by atoms with van der Waals surface area (Å²) in [7, 11) is 0. The monoisotopic (exact) mass is 453 g/mol. The van der Waals surface area contributed by atoms with Gasteiger partial charge in [-0.25, -0.2) is 22.5 Å². The molecule has 3 aromatic rings. The number of fused-ring (bicyclic) bond motifs is 2. The van der Waals surface area contributed by atoms with Gasteiger partial charge in [-0.15, -0.1) is 0 Å². The van der Waals surface area contributed by atoms with Gasteiger partial charge >= 0.3 is 0 Å². The number of pyridine rings is 1. The van der Waals surface area contributed by atoms with Gasteiger partial charge < -0.3 is 10.4 Å². The molecule has 0 amide bonds. The molecule has 0 radical (unpaired) electrons. The lowest BCUT2D eigenvalue weighted by Gasteiger charge is -2.31. The highest BCUT2D eigenvalue weighted by molar-refractivity contribution is 5.68. The molecule has 0 saturated carbocycles. The number of hydrogen-bond acceptors (Lipinski definition) is 4. The van der Waals surface area contributed by atoms with Crippen molar-refractivity contribution >= 4 is 11.5 Å². The number of aliphatic hydroxyl groups excluding tert-OH is 1. The number of nitrogens with one attached hydrogen (secondary N) is 1. The molecule has 3 atom stereocenters. The molecule has 2 N–H and O–H groups in total. The number of nitriles is 1. The number of hydrogen-bond donors (Lipinski definition) is 2. The smallest absolute Gasteiger partial charge is 0.281 e. The first-order valence-electron chi connectivity index (χ1n) is 10.6. The zero-order valence-electron chi connectivity index (χ0n) is 17.3. The predicted octanol–water partition coefficient (Wildman–Crippen LogP) is 6.00. The lowest BCUT2D eigenvalue weighted by Crippen LogP contribution is -2.22. The third-order valence-electron chi connectivity index (χ3n) is 6.47. The molecule has 4 nitrogen and oxygen atoms in total. The second-order valence-electron chi connectivity index (χ2n) is 8.44. The van der Waals surface area contributed by atoms with Crippen LogP contribution in [0.25, 0.3) is 0 Å². The molecule has 0 saturated heterocycles. The minimum Gasteiger partial charge on any atom is -0.382 e. The summed E-state index contributed by atoms with van der Waals surface area (Å²) in [5.74, 6) is -4.24. The maximum Gasteiger partial charge on any atom is 0.281 e. The van der Waals surface area contributed by atoms with Gasteiger partial charge in [-0.3, -0.25) is 0 Å². The minimum absolute atomic E-state index is 0.00732. The molecule has 33 heavy (non-hydrogen) atoms. The van der Waals surface area contributed by atoms with Crippen molar-refractivity contribution < 1.29 is 22.7 Å². The summed E-state index contributed by atoms with van der Waals surface area (Å²) in [4.78, 5) is 4.15. The summed E-state index contributed by atoms with van der Waals surface area (Å²) >= 11 is 0. The van der Waals surface area contributed by atoms with Crippen molar-refractivity contribution in [2.75, 3.05) is 5.32 Å². The van der Waals surface area contributed by atoms with Crippen LogP contribution in [0.3, 0.4) is 0 Å². The molecule has 8 heteroatoms. The maximum atomic E-state index is 14.7. The summed E-state index contributed by atoms with van der Waals surface area (Å²) in [5.41, 5.74) is 1.52. The predicted molar refractivity (Wildman–Crippen MR) is 114 cm³/mol. The Labute approximate surface area is 187 Å². The number of alkyl halides is 3. The number of aromatic nitrogens is 1. The van der Waals surface area contributed by atoms with Crippen molar-refractivity contribution in [3.05, 3.63) is 87.9 Å². The van der Waals surface area contributed by atoms with E-state index in [1.54, 1.807) is 36.5 Å². The molecule has 2 aliphatic carbocycles. The highest BCUT2D eigenvalue weighted by atomic mass is 19.3. The average Bonchev–Trinajstić information content (AvgIpc) is 3.04.